The van der Waals surface area contributed by atoms with Gasteiger partial charge in [-0.1, -0.05) is 29.8 Å². The van der Waals surface area contributed by atoms with E-state index >= 15 is 0 Å². The number of morpholine rings is 1. The molecule has 1 saturated heterocycles. The summed E-state index contributed by atoms with van der Waals surface area (Å²) in [5, 5.41) is 14.6. The normalized spacial score (nSPS) is 15.3. The maximum atomic E-state index is 13.0. The minimum atomic E-state index is -5.08. The number of carbonyl (C=O) groups excluding carboxylic acids is 1. The minimum absolute atomic E-state index is 0.240. The maximum Gasteiger partial charge on any atom is 0.490 e. The van der Waals surface area contributed by atoms with Gasteiger partial charge in [-0.2, -0.15) is 18.3 Å². The molecule has 2 N–H and O–H groups in total. The van der Waals surface area contributed by atoms with Gasteiger partial charge in [0.25, 0.3) is 0 Å². The van der Waals surface area contributed by atoms with Crippen molar-refractivity contribution in [3.63, 3.8) is 0 Å². The fraction of sp³-hybridized carbons (Fsp3) is 0.304. The number of anilines is 1. The van der Waals surface area contributed by atoms with E-state index in [0.29, 0.717) is 43.0 Å². The number of pyridine rings is 1. The zero-order valence-corrected chi connectivity index (χ0v) is 20.3. The number of rotatable bonds is 6. The standard InChI is InChI=1S/C21H21ClFN5O3.C2HF3O2/c22-19-2-1-3-20(26-19)31-14-18-13-27(8-9-30-18)21(29)25-17-10-24-28(12-17)11-15-4-6-16(23)7-5-15;3-2(4,5)1(6)7/h1-7,10,12,18H,8-9,11,13-14H2,(H,25,29);(H,6,7). The van der Waals surface area contributed by atoms with Crippen LogP contribution in [0.15, 0.2) is 54.9 Å². The van der Waals surface area contributed by atoms with E-state index in [1.54, 1.807) is 52.3 Å². The second-order valence-corrected chi connectivity index (χ2v) is 8.22. The molecule has 1 atom stereocenters. The summed E-state index contributed by atoms with van der Waals surface area (Å²) in [6.45, 7) is 2.00. The van der Waals surface area contributed by atoms with E-state index in [1.165, 1.54) is 12.1 Å². The summed E-state index contributed by atoms with van der Waals surface area (Å²) in [6, 6.07) is 11.1. The van der Waals surface area contributed by atoms with Gasteiger partial charge in [-0.3, -0.25) is 4.68 Å². The third-order valence-electron chi connectivity index (χ3n) is 4.92. The first kappa shape index (κ1) is 28.7. The summed E-state index contributed by atoms with van der Waals surface area (Å²) in [6.07, 6.45) is -2.05. The summed E-state index contributed by atoms with van der Waals surface area (Å²) in [5.41, 5.74) is 1.49. The van der Waals surface area contributed by atoms with Crippen molar-refractivity contribution in [3.05, 3.63) is 71.4 Å². The van der Waals surface area contributed by atoms with Gasteiger partial charge in [-0.05, 0) is 23.8 Å². The van der Waals surface area contributed by atoms with Crippen molar-refractivity contribution < 1.29 is 41.7 Å². The number of benzene rings is 1. The largest absolute Gasteiger partial charge is 0.490 e. The average molecular weight is 560 g/mol. The van der Waals surface area contributed by atoms with Gasteiger partial charge < -0.3 is 24.8 Å². The number of urea groups is 1. The van der Waals surface area contributed by atoms with Crippen molar-refractivity contribution in [2.24, 2.45) is 0 Å². The number of hydrogen-bond acceptors (Lipinski definition) is 6. The van der Waals surface area contributed by atoms with Crippen LogP contribution < -0.4 is 10.1 Å². The molecule has 0 spiro atoms. The molecule has 38 heavy (non-hydrogen) atoms. The minimum Gasteiger partial charge on any atom is -0.475 e. The van der Waals surface area contributed by atoms with Crippen molar-refractivity contribution in [2.75, 3.05) is 31.6 Å². The Balaban J connectivity index is 0.000000505. The first-order valence-corrected chi connectivity index (χ1v) is 11.4. The molecule has 0 aliphatic carbocycles. The van der Waals surface area contributed by atoms with Gasteiger partial charge in [0.15, 0.2) is 0 Å². The van der Waals surface area contributed by atoms with Crippen LogP contribution >= 0.6 is 11.6 Å². The second-order valence-electron chi connectivity index (χ2n) is 7.83. The lowest BCUT2D eigenvalue weighted by Gasteiger charge is -2.32. The van der Waals surface area contributed by atoms with Gasteiger partial charge in [0.05, 0.1) is 31.6 Å². The molecule has 1 fully saturated rings. The summed E-state index contributed by atoms with van der Waals surface area (Å²) in [4.78, 5) is 27.3. The summed E-state index contributed by atoms with van der Waals surface area (Å²) < 4.78 is 57.8. The number of carbonyl (C=O) groups is 2. The number of hydrogen-bond donors (Lipinski definition) is 2. The quantitative estimate of drug-likeness (QED) is 0.345. The molecule has 2 amide bonds. The smallest absolute Gasteiger partial charge is 0.475 e. The van der Waals surface area contributed by atoms with Gasteiger partial charge in [0.1, 0.15) is 23.7 Å². The highest BCUT2D eigenvalue weighted by atomic mass is 35.5. The van der Waals surface area contributed by atoms with E-state index in [0.717, 1.165) is 5.56 Å². The van der Waals surface area contributed by atoms with Crippen LogP contribution in [0, 0.1) is 5.82 Å². The van der Waals surface area contributed by atoms with Crippen molar-refractivity contribution >= 4 is 29.3 Å². The lowest BCUT2D eigenvalue weighted by molar-refractivity contribution is -0.192. The van der Waals surface area contributed by atoms with Crippen molar-refractivity contribution in [1.29, 1.82) is 0 Å². The zero-order chi connectivity index (χ0) is 27.7. The number of nitrogens with one attached hydrogen (secondary N) is 1. The Hall–Kier alpha value is -3.91. The number of carboxylic acid groups (broad SMARTS) is 1. The van der Waals surface area contributed by atoms with Gasteiger partial charge in [-0.25, -0.2) is 19.0 Å². The van der Waals surface area contributed by atoms with E-state index in [2.05, 4.69) is 15.4 Å². The van der Waals surface area contributed by atoms with E-state index in [1.807, 2.05) is 0 Å². The lowest BCUT2D eigenvalue weighted by atomic mass is 10.2. The van der Waals surface area contributed by atoms with Crippen LogP contribution in [0.2, 0.25) is 5.15 Å². The topological polar surface area (TPSA) is 119 Å². The lowest BCUT2D eigenvalue weighted by Crippen LogP contribution is -2.49. The molecule has 204 valence electrons. The molecule has 0 bridgehead atoms. The van der Waals surface area contributed by atoms with Crippen LogP contribution in [0.3, 0.4) is 0 Å². The number of amides is 2. The molecule has 3 heterocycles. The molecule has 1 aliphatic rings. The first-order valence-electron chi connectivity index (χ1n) is 11.0. The van der Waals surface area contributed by atoms with Gasteiger partial charge in [0.2, 0.25) is 5.88 Å². The number of carboxylic acids is 1. The predicted octanol–water partition coefficient (Wildman–Crippen LogP) is 4.06. The summed E-state index contributed by atoms with van der Waals surface area (Å²) >= 11 is 5.86. The first-order chi connectivity index (χ1) is 18.0. The second kappa shape index (κ2) is 13.1. The molecule has 10 nitrogen and oxygen atoms in total. The number of halogens is 5. The van der Waals surface area contributed by atoms with Crippen LogP contribution in [0.1, 0.15) is 5.56 Å². The van der Waals surface area contributed by atoms with Gasteiger partial charge in [-0.15, -0.1) is 0 Å². The Morgan fingerprint density at radius 1 is 1.21 bits per heavy atom. The van der Waals surface area contributed by atoms with E-state index in [4.69, 9.17) is 31.0 Å². The zero-order valence-electron chi connectivity index (χ0n) is 19.6. The summed E-state index contributed by atoms with van der Waals surface area (Å²) in [7, 11) is 0. The third kappa shape index (κ3) is 9.19. The fourth-order valence-electron chi connectivity index (χ4n) is 3.15. The number of alkyl halides is 3. The number of ether oxygens (including phenoxy) is 2. The Kier molecular flexibility index (Phi) is 9.85. The number of aliphatic carboxylic acids is 1. The van der Waals surface area contributed by atoms with Crippen LogP contribution in [0.5, 0.6) is 5.88 Å². The van der Waals surface area contributed by atoms with Crippen molar-refractivity contribution in [2.45, 2.75) is 18.8 Å². The molecule has 0 saturated carbocycles. The molecule has 1 aromatic carbocycles. The molecule has 15 heteroatoms. The monoisotopic (exact) mass is 559 g/mol. The average Bonchev–Trinajstić information content (AvgIpc) is 3.31. The SMILES string of the molecule is O=C(Nc1cnn(Cc2ccc(F)cc2)c1)N1CCOC(COc2cccc(Cl)n2)C1.O=C(O)C(F)(F)F. The molecule has 4 rings (SSSR count). The highest BCUT2D eigenvalue weighted by molar-refractivity contribution is 6.29. The molecule has 1 unspecified atom stereocenters. The molecule has 2 aromatic heterocycles. The van der Waals surface area contributed by atoms with Crippen molar-refractivity contribution in [3.8, 4) is 5.88 Å². The maximum absolute atomic E-state index is 13.0. The van der Waals surface area contributed by atoms with Crippen molar-refractivity contribution in [1.82, 2.24) is 19.7 Å². The van der Waals surface area contributed by atoms with Crippen LogP contribution in [0.25, 0.3) is 0 Å². The van der Waals surface area contributed by atoms with Gasteiger partial charge >= 0.3 is 18.2 Å². The van der Waals surface area contributed by atoms with Gasteiger partial charge in [0, 0.05) is 18.8 Å². The number of aromatic nitrogens is 3. The Bertz CT molecular complexity index is 1230. The Labute approximate surface area is 218 Å². The number of nitrogens with zero attached hydrogens (tertiary/aromatic N) is 4. The van der Waals surface area contributed by atoms with Crippen LogP contribution in [-0.2, 0) is 16.1 Å². The molecule has 3 aromatic rings. The van der Waals surface area contributed by atoms with Crippen LogP contribution in [0.4, 0.5) is 28.0 Å². The van der Waals surface area contributed by atoms with E-state index in [9.17, 15) is 22.4 Å². The highest BCUT2D eigenvalue weighted by Gasteiger charge is 2.38. The molecular formula is C23H22ClF4N5O5. The van der Waals surface area contributed by atoms with E-state index < -0.39 is 12.1 Å². The van der Waals surface area contributed by atoms with E-state index in [-0.39, 0.29) is 24.6 Å². The predicted molar refractivity (Wildman–Crippen MR) is 126 cm³/mol. The van der Waals surface area contributed by atoms with Crippen LogP contribution in [-0.4, -0.2) is 75.4 Å². The Morgan fingerprint density at radius 2 is 1.92 bits per heavy atom. The summed E-state index contributed by atoms with van der Waals surface area (Å²) in [5.74, 6) is -2.63. The fourth-order valence-corrected chi connectivity index (χ4v) is 3.30. The highest BCUT2D eigenvalue weighted by Crippen LogP contribution is 2.15. The molecular weight excluding hydrogens is 538 g/mol. The molecule has 1 aliphatic heterocycles. The molecule has 0 radical (unpaired) electrons. The Morgan fingerprint density at radius 3 is 2.58 bits per heavy atom. The third-order valence-corrected chi connectivity index (χ3v) is 5.13.